The molecule has 0 aliphatic carbocycles. The summed E-state index contributed by atoms with van der Waals surface area (Å²) in [5.74, 6) is 0.868. The lowest BCUT2D eigenvalue weighted by atomic mass is 10.2. The molecule has 3 N–H and O–H groups in total. The summed E-state index contributed by atoms with van der Waals surface area (Å²) >= 11 is 4.92. The van der Waals surface area contributed by atoms with Crippen LogP contribution < -0.4 is 20.5 Å². The zero-order valence-corrected chi connectivity index (χ0v) is 12.6. The van der Waals surface area contributed by atoms with Crippen molar-refractivity contribution in [2.24, 2.45) is 5.73 Å². The minimum absolute atomic E-state index is 0.0491. The van der Waals surface area contributed by atoms with Crippen molar-refractivity contribution in [3.63, 3.8) is 0 Å². The molecular formula is C14H20N2O3S. The Hall–Kier alpha value is -1.82. The van der Waals surface area contributed by atoms with Gasteiger partial charge in [-0.3, -0.25) is 4.79 Å². The van der Waals surface area contributed by atoms with Gasteiger partial charge in [0.15, 0.2) is 18.1 Å². The van der Waals surface area contributed by atoms with E-state index in [0.29, 0.717) is 30.2 Å². The predicted molar refractivity (Wildman–Crippen MR) is 82.3 cm³/mol. The van der Waals surface area contributed by atoms with E-state index < -0.39 is 0 Å². The van der Waals surface area contributed by atoms with Gasteiger partial charge in [-0.2, -0.15) is 0 Å². The molecule has 0 unspecified atom stereocenters. The number of ether oxygens (including phenoxy) is 2. The molecule has 0 aliphatic rings. The van der Waals surface area contributed by atoms with Crippen molar-refractivity contribution < 1.29 is 14.3 Å². The molecule has 0 aliphatic heterocycles. The minimum atomic E-state index is -0.160. The highest BCUT2D eigenvalue weighted by atomic mass is 32.1. The minimum Gasteiger partial charge on any atom is -0.490 e. The summed E-state index contributed by atoms with van der Waals surface area (Å²) in [5, 5.41) is 2.74. The fraction of sp³-hybridized carbons (Fsp3) is 0.429. The van der Waals surface area contributed by atoms with E-state index in [4.69, 9.17) is 27.4 Å². The molecule has 0 radical (unpaired) electrons. The zero-order valence-electron chi connectivity index (χ0n) is 11.8. The molecule has 1 rings (SSSR count). The van der Waals surface area contributed by atoms with Crippen LogP contribution in [0.5, 0.6) is 11.5 Å². The van der Waals surface area contributed by atoms with E-state index in [2.05, 4.69) is 5.32 Å². The second-order valence-corrected chi connectivity index (χ2v) is 4.54. The number of benzene rings is 1. The molecular weight excluding hydrogens is 276 g/mol. The number of carbonyl (C=O) groups excluding carboxylic acids is 1. The van der Waals surface area contributed by atoms with Crippen LogP contribution in [-0.4, -0.2) is 30.7 Å². The summed E-state index contributed by atoms with van der Waals surface area (Å²) in [6, 6.07) is 5.15. The highest BCUT2D eigenvalue weighted by Gasteiger charge is 2.09. The zero-order chi connectivity index (χ0) is 15.0. The Kier molecular flexibility index (Phi) is 6.79. The summed E-state index contributed by atoms with van der Waals surface area (Å²) < 4.78 is 10.9. The predicted octanol–water partition coefficient (Wildman–Crippen LogP) is 1.62. The lowest BCUT2D eigenvalue weighted by Crippen LogP contribution is -2.29. The average molecular weight is 296 g/mol. The Bertz CT molecular complexity index is 477. The van der Waals surface area contributed by atoms with Gasteiger partial charge in [-0.05, 0) is 31.5 Å². The molecule has 0 saturated carbocycles. The van der Waals surface area contributed by atoms with Crippen molar-refractivity contribution in [3.8, 4) is 11.5 Å². The van der Waals surface area contributed by atoms with Crippen LogP contribution >= 0.6 is 12.2 Å². The number of rotatable bonds is 8. The summed E-state index contributed by atoms with van der Waals surface area (Å²) in [6.45, 7) is 4.93. The second kappa shape index (κ2) is 8.37. The van der Waals surface area contributed by atoms with Gasteiger partial charge < -0.3 is 20.5 Å². The molecule has 20 heavy (non-hydrogen) atoms. The van der Waals surface area contributed by atoms with E-state index in [1.165, 1.54) is 0 Å². The number of nitrogens with one attached hydrogen (secondary N) is 1. The molecule has 0 heterocycles. The SMILES string of the molecule is CCCNC(=O)COc1ccc(C(N)=S)cc1OCC. The molecule has 1 amide bonds. The van der Waals surface area contributed by atoms with Gasteiger partial charge in [0, 0.05) is 12.1 Å². The van der Waals surface area contributed by atoms with Crippen LogP contribution in [0.1, 0.15) is 25.8 Å². The van der Waals surface area contributed by atoms with Gasteiger partial charge >= 0.3 is 0 Å². The molecule has 0 saturated heterocycles. The summed E-state index contributed by atoms with van der Waals surface area (Å²) in [4.78, 5) is 11.8. The van der Waals surface area contributed by atoms with Gasteiger partial charge in [0.1, 0.15) is 4.99 Å². The van der Waals surface area contributed by atoms with E-state index in [9.17, 15) is 4.79 Å². The Morgan fingerprint density at radius 1 is 1.30 bits per heavy atom. The first-order valence-corrected chi connectivity index (χ1v) is 6.95. The van der Waals surface area contributed by atoms with E-state index in [1.807, 2.05) is 13.8 Å². The quantitative estimate of drug-likeness (QED) is 0.713. The van der Waals surface area contributed by atoms with E-state index in [1.54, 1.807) is 18.2 Å². The number of hydrogen-bond acceptors (Lipinski definition) is 4. The monoisotopic (exact) mass is 296 g/mol. The van der Waals surface area contributed by atoms with E-state index >= 15 is 0 Å². The first-order valence-electron chi connectivity index (χ1n) is 6.54. The molecule has 0 fully saturated rings. The summed E-state index contributed by atoms with van der Waals surface area (Å²) in [7, 11) is 0. The molecule has 5 nitrogen and oxygen atoms in total. The molecule has 0 aromatic heterocycles. The Morgan fingerprint density at radius 2 is 2.05 bits per heavy atom. The van der Waals surface area contributed by atoms with Crippen LogP contribution in [-0.2, 0) is 4.79 Å². The first-order chi connectivity index (χ1) is 9.58. The number of thiocarbonyl (C=S) groups is 1. The maximum atomic E-state index is 11.5. The van der Waals surface area contributed by atoms with Crippen LogP contribution in [0, 0.1) is 0 Å². The van der Waals surface area contributed by atoms with Crippen LogP contribution in [0.25, 0.3) is 0 Å². The molecule has 1 aromatic rings. The number of carbonyl (C=O) groups is 1. The van der Waals surface area contributed by atoms with Gasteiger partial charge in [0.25, 0.3) is 5.91 Å². The molecule has 1 aromatic carbocycles. The second-order valence-electron chi connectivity index (χ2n) is 4.10. The van der Waals surface area contributed by atoms with Crippen molar-refractivity contribution in [3.05, 3.63) is 23.8 Å². The highest BCUT2D eigenvalue weighted by Crippen LogP contribution is 2.28. The lowest BCUT2D eigenvalue weighted by Gasteiger charge is -2.13. The maximum Gasteiger partial charge on any atom is 0.257 e. The van der Waals surface area contributed by atoms with Gasteiger partial charge in [-0.15, -0.1) is 0 Å². The first kappa shape index (κ1) is 16.2. The van der Waals surface area contributed by atoms with Crippen molar-refractivity contribution in [1.82, 2.24) is 5.32 Å². The third-order valence-electron chi connectivity index (χ3n) is 2.46. The van der Waals surface area contributed by atoms with Crippen LogP contribution in [0.15, 0.2) is 18.2 Å². The van der Waals surface area contributed by atoms with Crippen molar-refractivity contribution in [2.75, 3.05) is 19.8 Å². The van der Waals surface area contributed by atoms with Crippen molar-refractivity contribution in [1.29, 1.82) is 0 Å². The molecule has 0 atom stereocenters. The van der Waals surface area contributed by atoms with Gasteiger partial charge in [0.2, 0.25) is 0 Å². The number of nitrogens with two attached hydrogens (primary N) is 1. The largest absolute Gasteiger partial charge is 0.490 e. The van der Waals surface area contributed by atoms with Crippen LogP contribution in [0.3, 0.4) is 0 Å². The highest BCUT2D eigenvalue weighted by molar-refractivity contribution is 7.80. The molecule has 0 bridgehead atoms. The third kappa shape index (κ3) is 5.05. The van der Waals surface area contributed by atoms with Gasteiger partial charge in [-0.1, -0.05) is 19.1 Å². The molecule has 0 spiro atoms. The maximum absolute atomic E-state index is 11.5. The molecule has 6 heteroatoms. The summed E-state index contributed by atoms with van der Waals surface area (Å²) in [6.07, 6.45) is 0.887. The normalized spacial score (nSPS) is 9.90. The van der Waals surface area contributed by atoms with Gasteiger partial charge in [0.05, 0.1) is 6.61 Å². The molecule has 110 valence electrons. The Labute approximate surface area is 124 Å². The van der Waals surface area contributed by atoms with Crippen molar-refractivity contribution >= 4 is 23.1 Å². The number of amides is 1. The Morgan fingerprint density at radius 3 is 2.65 bits per heavy atom. The van der Waals surface area contributed by atoms with Crippen LogP contribution in [0.2, 0.25) is 0 Å². The van der Waals surface area contributed by atoms with E-state index in [0.717, 1.165) is 6.42 Å². The van der Waals surface area contributed by atoms with Crippen LogP contribution in [0.4, 0.5) is 0 Å². The smallest absolute Gasteiger partial charge is 0.257 e. The summed E-state index contributed by atoms with van der Waals surface area (Å²) in [5.41, 5.74) is 6.28. The standard InChI is InChI=1S/C14H20N2O3S/c1-3-7-16-13(17)9-19-11-6-5-10(14(15)20)8-12(11)18-4-2/h5-6,8H,3-4,7,9H2,1-2H3,(H2,15,20)(H,16,17). The fourth-order valence-corrected chi connectivity index (χ4v) is 1.63. The Balaban J connectivity index is 2.73. The lowest BCUT2D eigenvalue weighted by molar-refractivity contribution is -0.123. The van der Waals surface area contributed by atoms with Crippen molar-refractivity contribution in [2.45, 2.75) is 20.3 Å². The third-order valence-corrected chi connectivity index (χ3v) is 2.69. The topological polar surface area (TPSA) is 73.6 Å². The fourth-order valence-electron chi connectivity index (χ4n) is 1.51. The van der Waals surface area contributed by atoms with Gasteiger partial charge in [-0.25, -0.2) is 0 Å². The van der Waals surface area contributed by atoms with E-state index in [-0.39, 0.29) is 17.5 Å². The number of hydrogen-bond donors (Lipinski definition) is 2. The average Bonchev–Trinajstić information content (AvgIpc) is 2.43.